The van der Waals surface area contributed by atoms with Crippen LogP contribution in [0.25, 0.3) is 28.2 Å². The summed E-state index contributed by atoms with van der Waals surface area (Å²) in [4.78, 5) is 20.4. The Balaban J connectivity index is 1.16. The first-order chi connectivity index (χ1) is 28.6. The Morgan fingerprint density at radius 1 is 0.738 bits per heavy atom. The van der Waals surface area contributed by atoms with Crippen LogP contribution in [0.15, 0.2) is 85.7 Å². The maximum absolute atomic E-state index is 14.5. The number of nitrogens with one attached hydrogen (secondary N) is 2. The number of hydrogen-bond donors (Lipinski definition) is 4. The minimum atomic E-state index is -0.404. The van der Waals surface area contributed by atoms with Crippen LogP contribution in [0.5, 0.6) is 11.5 Å². The van der Waals surface area contributed by atoms with E-state index in [-0.39, 0.29) is 57.8 Å². The Labute approximate surface area is 359 Å². The highest BCUT2D eigenvalue weighted by atomic mass is 16.3. The molecule has 2 saturated heterocycles. The third-order valence-corrected chi connectivity index (χ3v) is 11.9. The number of anilines is 3. The number of aromatic hydroxyl groups is 2. The van der Waals surface area contributed by atoms with Gasteiger partial charge >= 0.3 is 0 Å². The molecule has 322 valence electrons. The van der Waals surface area contributed by atoms with Gasteiger partial charge in [0.15, 0.2) is 11.6 Å². The molecule has 3 aromatic heterocycles. The molecule has 0 spiro atoms. The van der Waals surface area contributed by atoms with Crippen molar-refractivity contribution in [3.63, 3.8) is 0 Å². The number of aromatic nitrogens is 6. The summed E-state index contributed by atoms with van der Waals surface area (Å²) >= 11 is 0. The third kappa shape index (κ3) is 9.40. The first-order valence-corrected chi connectivity index (χ1v) is 21.0. The number of carbonyl (C=O) groups excluding carboxylic acids is 1. The lowest BCUT2D eigenvalue weighted by atomic mass is 9.79. The van der Waals surface area contributed by atoms with E-state index in [9.17, 15) is 15.0 Å². The number of carbonyl (C=O) groups is 1. The number of phenolic OH excluding ortho intramolecular Hbond substituents is 2. The Morgan fingerprint density at radius 2 is 1.25 bits per heavy atom. The van der Waals surface area contributed by atoms with Gasteiger partial charge in [-0.3, -0.25) is 4.79 Å². The molecule has 2 aliphatic rings. The van der Waals surface area contributed by atoms with Crippen LogP contribution >= 0.6 is 0 Å². The van der Waals surface area contributed by atoms with Gasteiger partial charge in [0.25, 0.3) is 5.91 Å². The van der Waals surface area contributed by atoms with Gasteiger partial charge in [0.05, 0.1) is 22.8 Å². The topological polar surface area (TPSA) is 161 Å². The summed E-state index contributed by atoms with van der Waals surface area (Å²) in [5.74, 6) is 0.897. The van der Waals surface area contributed by atoms with Gasteiger partial charge in [-0.2, -0.15) is 5.10 Å². The van der Waals surface area contributed by atoms with Crippen LogP contribution in [0.2, 0.25) is 0 Å². The van der Waals surface area contributed by atoms with Crippen molar-refractivity contribution in [2.45, 2.75) is 115 Å². The minimum absolute atomic E-state index is 0.0213. The molecule has 0 saturated carbocycles. The SMILES string of the molecule is C=CCN(C(=O)c1ccc(-c2ccc(N(C)C3CC(C)(C)NC(C)(C)C3)nn2)c(O)c1)c1cc(-c2ccc(N(C)C3CC(C)(C)NC(C)(C)C3)nn2)c(O)cc1-n1cccn1. The zero-order chi connectivity index (χ0) is 44.1. The number of phenols is 2. The van der Waals surface area contributed by atoms with Gasteiger partial charge in [0, 0.05) is 90.0 Å². The van der Waals surface area contributed by atoms with E-state index in [0.717, 1.165) is 37.3 Å². The second-order valence-corrected chi connectivity index (χ2v) is 19.4. The zero-order valence-corrected chi connectivity index (χ0v) is 37.2. The molecule has 4 N–H and O–H groups in total. The van der Waals surface area contributed by atoms with Gasteiger partial charge in [-0.25, -0.2) is 4.68 Å². The summed E-state index contributed by atoms with van der Waals surface area (Å²) in [6.45, 7) is 21.8. The van der Waals surface area contributed by atoms with Gasteiger partial charge < -0.3 is 35.5 Å². The molecule has 0 unspecified atom stereocenters. The van der Waals surface area contributed by atoms with E-state index < -0.39 is 5.91 Å². The lowest BCUT2D eigenvalue weighted by molar-refractivity contribution is 0.0989. The van der Waals surface area contributed by atoms with Crippen LogP contribution in [0, 0.1) is 0 Å². The van der Waals surface area contributed by atoms with E-state index >= 15 is 0 Å². The number of rotatable bonds is 11. The lowest BCUT2D eigenvalue weighted by Crippen LogP contribution is -2.62. The first-order valence-electron chi connectivity index (χ1n) is 21.0. The normalized spacial score (nSPS) is 18.3. The Bertz CT molecular complexity index is 2340. The van der Waals surface area contributed by atoms with Crippen molar-refractivity contribution in [2.75, 3.05) is 35.3 Å². The number of hydrogen-bond acceptors (Lipinski definition) is 12. The molecule has 5 heterocycles. The summed E-state index contributed by atoms with van der Waals surface area (Å²) in [7, 11) is 4.09. The Morgan fingerprint density at radius 3 is 1.69 bits per heavy atom. The zero-order valence-electron chi connectivity index (χ0n) is 37.2. The van der Waals surface area contributed by atoms with Crippen molar-refractivity contribution >= 4 is 23.2 Å². The van der Waals surface area contributed by atoms with E-state index in [1.165, 1.54) is 11.0 Å². The standard InChI is InChI=1S/C47H61N11O3/c1-12-21-57(43(61)30-14-15-33(39(59)23-30)35-16-18-41(51-49-35)55(10)31-26-44(2,3)53-45(4,5)27-31)37-24-34(40(60)25-38(37)58-22-13-20-48-58)36-17-19-42(52-50-36)56(11)32-28-46(6,7)54-47(8,9)29-32/h12-20,22-25,31-32,53-54,59-60H,1,21,26-29H2,2-11H3. The molecule has 1 amide bonds. The fraction of sp³-hybridized carbons (Fsp3) is 0.447. The molecule has 0 radical (unpaired) electrons. The van der Waals surface area contributed by atoms with Crippen LogP contribution < -0.4 is 25.3 Å². The van der Waals surface area contributed by atoms with Gasteiger partial charge in [-0.05, 0) is 136 Å². The smallest absolute Gasteiger partial charge is 0.258 e. The second-order valence-electron chi connectivity index (χ2n) is 19.4. The van der Waals surface area contributed by atoms with E-state index in [0.29, 0.717) is 33.9 Å². The van der Waals surface area contributed by atoms with Crippen LogP contribution in [0.4, 0.5) is 17.3 Å². The highest BCUT2D eigenvalue weighted by Crippen LogP contribution is 2.40. The predicted molar refractivity (Wildman–Crippen MR) is 243 cm³/mol. The van der Waals surface area contributed by atoms with Gasteiger partial charge in [0.2, 0.25) is 0 Å². The lowest BCUT2D eigenvalue weighted by Gasteiger charge is -2.49. The summed E-state index contributed by atoms with van der Waals surface area (Å²) < 4.78 is 1.58. The van der Waals surface area contributed by atoms with Gasteiger partial charge in [0.1, 0.15) is 11.5 Å². The van der Waals surface area contributed by atoms with Crippen molar-refractivity contribution < 1.29 is 15.0 Å². The maximum Gasteiger partial charge on any atom is 0.258 e. The van der Waals surface area contributed by atoms with Crippen molar-refractivity contribution in [3.8, 4) is 39.7 Å². The van der Waals surface area contributed by atoms with Crippen LogP contribution in [-0.4, -0.2) is 101 Å². The summed E-state index contributed by atoms with van der Waals surface area (Å²) in [6, 6.07) is 17.8. The van der Waals surface area contributed by atoms with Crippen LogP contribution in [-0.2, 0) is 0 Å². The van der Waals surface area contributed by atoms with E-state index in [2.05, 4.69) is 108 Å². The molecule has 0 bridgehead atoms. The molecule has 7 rings (SSSR count). The van der Waals surface area contributed by atoms with Crippen molar-refractivity contribution in [1.29, 1.82) is 0 Å². The second kappa shape index (κ2) is 16.2. The van der Waals surface area contributed by atoms with E-state index in [4.69, 9.17) is 0 Å². The van der Waals surface area contributed by atoms with Gasteiger partial charge in [-0.15, -0.1) is 27.0 Å². The van der Waals surface area contributed by atoms with E-state index in [1.807, 2.05) is 38.4 Å². The molecule has 14 heteroatoms. The molecule has 5 aromatic rings. The van der Waals surface area contributed by atoms with Gasteiger partial charge in [-0.1, -0.05) is 6.08 Å². The fourth-order valence-electron chi connectivity index (χ4n) is 9.81. The number of piperidine rings is 2. The van der Waals surface area contributed by atoms with E-state index in [1.54, 1.807) is 53.5 Å². The average molecular weight is 828 g/mol. The molecule has 14 nitrogen and oxygen atoms in total. The maximum atomic E-state index is 14.5. The van der Waals surface area contributed by atoms with Crippen LogP contribution in [0.1, 0.15) is 91.4 Å². The van der Waals surface area contributed by atoms with Crippen molar-refractivity contribution in [3.05, 3.63) is 91.3 Å². The van der Waals surface area contributed by atoms with Crippen LogP contribution in [0.3, 0.4) is 0 Å². The largest absolute Gasteiger partial charge is 0.507 e. The highest BCUT2D eigenvalue weighted by Gasteiger charge is 2.41. The Hall–Kier alpha value is -5.86. The van der Waals surface area contributed by atoms with Crippen molar-refractivity contribution in [2.24, 2.45) is 0 Å². The number of benzene rings is 2. The summed E-state index contributed by atoms with van der Waals surface area (Å²) in [5, 5.41) is 53.0. The molecule has 2 aromatic carbocycles. The molecular formula is C47H61N11O3. The first kappa shape index (κ1) is 43.2. The molecule has 2 fully saturated rings. The quantitative estimate of drug-likeness (QED) is 0.0972. The predicted octanol–water partition coefficient (Wildman–Crippen LogP) is 7.52. The number of nitrogens with zero attached hydrogens (tertiary/aromatic N) is 9. The average Bonchev–Trinajstić information content (AvgIpc) is 3.72. The molecule has 61 heavy (non-hydrogen) atoms. The summed E-state index contributed by atoms with van der Waals surface area (Å²) in [6.07, 6.45) is 8.79. The fourth-order valence-corrected chi connectivity index (χ4v) is 9.81. The molecule has 0 aliphatic carbocycles. The third-order valence-electron chi connectivity index (χ3n) is 11.9. The molecule has 2 aliphatic heterocycles. The number of amides is 1. The Kier molecular flexibility index (Phi) is 11.5. The monoisotopic (exact) mass is 827 g/mol. The van der Waals surface area contributed by atoms with Crippen molar-refractivity contribution in [1.82, 2.24) is 40.8 Å². The highest BCUT2D eigenvalue weighted by molar-refractivity contribution is 6.08. The molecular weight excluding hydrogens is 767 g/mol. The molecule has 0 atom stereocenters. The summed E-state index contributed by atoms with van der Waals surface area (Å²) in [5.41, 5.74) is 2.76. The minimum Gasteiger partial charge on any atom is -0.507 e.